The van der Waals surface area contributed by atoms with Crippen LogP contribution in [0, 0.1) is 17.6 Å². The Labute approximate surface area is 252 Å². The zero-order valence-corrected chi connectivity index (χ0v) is 24.3. The molecule has 6 nitrogen and oxygen atoms in total. The quantitative estimate of drug-likeness (QED) is 0.273. The van der Waals surface area contributed by atoms with Gasteiger partial charge in [0.15, 0.2) is 11.6 Å². The molecule has 1 unspecified atom stereocenters. The highest BCUT2D eigenvalue weighted by Gasteiger charge is 2.45. The van der Waals surface area contributed by atoms with Gasteiger partial charge in [0.1, 0.15) is 0 Å². The van der Waals surface area contributed by atoms with Gasteiger partial charge in [0, 0.05) is 49.4 Å². The van der Waals surface area contributed by atoms with E-state index in [1.165, 1.54) is 23.5 Å². The third kappa shape index (κ3) is 9.40. The first-order valence-corrected chi connectivity index (χ1v) is 13.9. The average Bonchev–Trinajstić information content (AvgIpc) is 2.92. The van der Waals surface area contributed by atoms with Crippen molar-refractivity contribution in [3.63, 3.8) is 0 Å². The Morgan fingerprint density at radius 3 is 2.32 bits per heavy atom. The van der Waals surface area contributed by atoms with Gasteiger partial charge in [-0.15, -0.1) is 0 Å². The fourth-order valence-corrected chi connectivity index (χ4v) is 4.99. The van der Waals surface area contributed by atoms with E-state index in [0.29, 0.717) is 18.7 Å². The summed E-state index contributed by atoms with van der Waals surface area (Å²) in [5.41, 5.74) is -0.843. The SMILES string of the molecule is CC(C)C[C@H]1CN(c2cc(Cl)ccc2NC(=O)c2ccc(CNC(=O)C(F)C(F)(F)F)c(F)c2F)CCN1CCC(F)(F)F. The summed E-state index contributed by atoms with van der Waals surface area (Å²) in [7, 11) is 0. The summed E-state index contributed by atoms with van der Waals surface area (Å²) in [5.74, 6) is -6.31. The number of piperazine rings is 1. The minimum Gasteiger partial charge on any atom is -0.367 e. The van der Waals surface area contributed by atoms with Gasteiger partial charge in [-0.1, -0.05) is 31.5 Å². The molecule has 3 rings (SSSR count). The van der Waals surface area contributed by atoms with Gasteiger partial charge in [-0.2, -0.15) is 26.3 Å². The number of rotatable bonds is 10. The fourth-order valence-electron chi connectivity index (χ4n) is 4.83. The first-order valence-electron chi connectivity index (χ1n) is 13.5. The maximum Gasteiger partial charge on any atom is 0.428 e. The van der Waals surface area contributed by atoms with Gasteiger partial charge in [-0.25, -0.2) is 13.2 Å². The second-order valence-corrected chi connectivity index (χ2v) is 11.2. The molecule has 16 heteroatoms. The Bertz CT molecular complexity index is 1340. The van der Waals surface area contributed by atoms with Crippen LogP contribution in [0.1, 0.15) is 42.6 Å². The van der Waals surface area contributed by atoms with Crippen molar-refractivity contribution < 1.29 is 49.1 Å². The third-order valence-corrected chi connectivity index (χ3v) is 7.19. The lowest BCUT2D eigenvalue weighted by Gasteiger charge is -2.43. The van der Waals surface area contributed by atoms with E-state index in [-0.39, 0.29) is 42.3 Å². The number of amides is 2. The normalized spacial score (nSPS) is 17.1. The minimum absolute atomic E-state index is 0.156. The summed E-state index contributed by atoms with van der Waals surface area (Å²) in [5, 5.41) is 4.29. The van der Waals surface area contributed by atoms with E-state index in [9.17, 15) is 49.1 Å². The number of carbonyl (C=O) groups excluding carboxylic acids is 2. The van der Waals surface area contributed by atoms with Crippen molar-refractivity contribution >= 4 is 34.8 Å². The van der Waals surface area contributed by atoms with Crippen LogP contribution in [0.4, 0.5) is 50.9 Å². The van der Waals surface area contributed by atoms with Crippen LogP contribution in [0.2, 0.25) is 5.02 Å². The smallest absolute Gasteiger partial charge is 0.367 e. The molecule has 2 aromatic carbocycles. The van der Waals surface area contributed by atoms with Crippen LogP contribution in [0.15, 0.2) is 30.3 Å². The Hall–Kier alpha value is -3.20. The van der Waals surface area contributed by atoms with Gasteiger partial charge in [-0.3, -0.25) is 14.5 Å². The highest BCUT2D eigenvalue weighted by molar-refractivity contribution is 6.31. The molecular weight excluding hydrogens is 631 g/mol. The van der Waals surface area contributed by atoms with Crippen LogP contribution in [0.5, 0.6) is 0 Å². The van der Waals surface area contributed by atoms with E-state index in [2.05, 4.69) is 5.32 Å². The van der Waals surface area contributed by atoms with Gasteiger partial charge in [0.25, 0.3) is 18.0 Å². The van der Waals surface area contributed by atoms with E-state index in [1.807, 2.05) is 18.7 Å². The van der Waals surface area contributed by atoms with Crippen molar-refractivity contribution in [3.8, 4) is 0 Å². The lowest BCUT2D eigenvalue weighted by molar-refractivity contribution is -0.186. The predicted octanol–water partition coefficient (Wildman–Crippen LogP) is 6.88. The lowest BCUT2D eigenvalue weighted by Crippen LogP contribution is -2.54. The summed E-state index contributed by atoms with van der Waals surface area (Å²) < 4.78 is 118. The number of nitrogens with zero attached hydrogens (tertiary/aromatic N) is 2. The highest BCUT2D eigenvalue weighted by atomic mass is 35.5. The standard InChI is InChI=1S/C28H30ClF9N4O2/c1-15(2)11-18-14-42(10-9-41(18)8-7-27(33,34)35)21-12-17(29)4-6-20(21)40-25(43)19-5-3-16(22(30)23(19)31)13-39-26(44)24(32)28(36,37)38/h3-6,12,15,18,24H,7-11,13-14H2,1-2H3,(H,39,44)(H,40,43)/t18-,24?/m0/s1. The number of anilines is 2. The second kappa shape index (κ2) is 14.3. The Kier molecular flexibility index (Phi) is 11.4. The van der Waals surface area contributed by atoms with E-state index in [4.69, 9.17) is 11.6 Å². The van der Waals surface area contributed by atoms with Crippen molar-refractivity contribution in [3.05, 3.63) is 58.1 Å². The van der Waals surface area contributed by atoms with Crippen molar-refractivity contribution in [2.75, 3.05) is 36.4 Å². The van der Waals surface area contributed by atoms with Gasteiger partial charge in [0.05, 0.1) is 23.4 Å². The molecule has 0 saturated carbocycles. The Morgan fingerprint density at radius 2 is 1.70 bits per heavy atom. The van der Waals surface area contributed by atoms with Crippen LogP contribution in [-0.2, 0) is 11.3 Å². The van der Waals surface area contributed by atoms with Crippen LogP contribution < -0.4 is 15.5 Å². The topological polar surface area (TPSA) is 64.7 Å². The van der Waals surface area contributed by atoms with Gasteiger partial charge in [-0.05, 0) is 36.6 Å². The maximum atomic E-state index is 14.9. The summed E-state index contributed by atoms with van der Waals surface area (Å²) >= 11 is 6.20. The molecule has 2 amide bonds. The number of carbonyl (C=O) groups is 2. The summed E-state index contributed by atoms with van der Waals surface area (Å²) in [4.78, 5) is 27.9. The minimum atomic E-state index is -5.48. The third-order valence-electron chi connectivity index (χ3n) is 6.96. The molecule has 244 valence electrons. The van der Waals surface area contributed by atoms with Crippen LogP contribution >= 0.6 is 11.6 Å². The molecule has 1 heterocycles. The summed E-state index contributed by atoms with van der Waals surface area (Å²) in [6, 6.07) is 5.84. The molecule has 0 aliphatic carbocycles. The predicted molar refractivity (Wildman–Crippen MR) is 146 cm³/mol. The molecule has 0 aromatic heterocycles. The zero-order valence-electron chi connectivity index (χ0n) is 23.6. The highest BCUT2D eigenvalue weighted by Crippen LogP contribution is 2.33. The second-order valence-electron chi connectivity index (χ2n) is 10.8. The zero-order chi connectivity index (χ0) is 33.0. The first kappa shape index (κ1) is 35.3. The number of halogens is 10. The molecule has 0 bridgehead atoms. The summed E-state index contributed by atoms with van der Waals surface area (Å²) in [6.07, 6.45) is -14.0. The maximum absolute atomic E-state index is 14.9. The molecular formula is C28H30ClF9N4O2. The van der Waals surface area contributed by atoms with E-state index < -0.39 is 66.1 Å². The van der Waals surface area contributed by atoms with Gasteiger partial charge >= 0.3 is 12.4 Å². The fraction of sp³-hybridized carbons (Fsp3) is 0.500. The first-order chi connectivity index (χ1) is 20.4. The molecule has 1 aliphatic heterocycles. The molecule has 1 aliphatic rings. The Balaban J connectivity index is 1.78. The van der Waals surface area contributed by atoms with Crippen molar-refractivity contribution in [2.45, 2.75) is 57.8 Å². The molecule has 0 spiro atoms. The monoisotopic (exact) mass is 660 g/mol. The van der Waals surface area contributed by atoms with Crippen molar-refractivity contribution in [1.29, 1.82) is 0 Å². The van der Waals surface area contributed by atoms with Crippen molar-refractivity contribution in [1.82, 2.24) is 10.2 Å². The molecule has 2 aromatic rings. The van der Waals surface area contributed by atoms with Crippen molar-refractivity contribution in [2.24, 2.45) is 5.92 Å². The van der Waals surface area contributed by atoms with Gasteiger partial charge < -0.3 is 15.5 Å². The van der Waals surface area contributed by atoms with Crippen LogP contribution in [-0.4, -0.2) is 67.5 Å². The number of hydrogen-bond acceptors (Lipinski definition) is 4. The molecule has 0 radical (unpaired) electrons. The number of alkyl halides is 7. The largest absolute Gasteiger partial charge is 0.428 e. The molecule has 2 N–H and O–H groups in total. The molecule has 1 fully saturated rings. The number of nitrogens with one attached hydrogen (secondary N) is 2. The summed E-state index contributed by atoms with van der Waals surface area (Å²) in [6.45, 7) is 3.61. The van der Waals surface area contributed by atoms with E-state index in [0.717, 1.165) is 12.1 Å². The van der Waals surface area contributed by atoms with E-state index in [1.54, 1.807) is 4.90 Å². The average molecular weight is 661 g/mol. The molecule has 44 heavy (non-hydrogen) atoms. The number of hydrogen-bond donors (Lipinski definition) is 2. The Morgan fingerprint density at radius 1 is 1.02 bits per heavy atom. The van der Waals surface area contributed by atoms with Crippen LogP contribution in [0.25, 0.3) is 0 Å². The van der Waals surface area contributed by atoms with Crippen LogP contribution in [0.3, 0.4) is 0 Å². The van der Waals surface area contributed by atoms with E-state index >= 15 is 0 Å². The van der Waals surface area contributed by atoms with Gasteiger partial charge in [0.2, 0.25) is 0 Å². The molecule has 1 saturated heterocycles. The molecule has 2 atom stereocenters. The number of benzene rings is 2. The lowest BCUT2D eigenvalue weighted by atomic mass is 9.99.